The van der Waals surface area contributed by atoms with Gasteiger partial charge in [-0.1, -0.05) is 30.3 Å². The Morgan fingerprint density at radius 3 is 2.73 bits per heavy atom. The number of rotatable bonds is 1. The lowest BCUT2D eigenvalue weighted by Crippen LogP contribution is -2.37. The fourth-order valence-electron chi connectivity index (χ4n) is 3.08. The first-order chi connectivity index (χ1) is 7.80. The molecule has 1 aromatic rings. The molecule has 15 heavy (non-hydrogen) atoms. The van der Waals surface area contributed by atoms with Crippen LogP contribution < -0.4 is 0 Å². The monoisotopic (exact) mass is 202 g/mol. The van der Waals surface area contributed by atoms with Gasteiger partial charge in [-0.3, -0.25) is 4.90 Å². The molecule has 1 aromatic carbocycles. The summed E-state index contributed by atoms with van der Waals surface area (Å²) in [6.45, 7) is 1.11. The molecule has 3 rings (SSSR count). The van der Waals surface area contributed by atoms with Crippen molar-refractivity contribution in [2.75, 3.05) is 6.54 Å². The van der Waals surface area contributed by atoms with E-state index >= 15 is 0 Å². The fraction of sp³-hybridized carbons (Fsp3) is 0.571. The molecule has 2 heterocycles. The predicted molar refractivity (Wildman–Crippen MR) is 62.8 cm³/mol. The maximum atomic E-state index is 8.54. The van der Waals surface area contributed by atoms with Gasteiger partial charge < -0.3 is 0 Å². The van der Waals surface area contributed by atoms with E-state index in [2.05, 4.69) is 35.2 Å². The molecule has 0 aliphatic carbocycles. The lowest BCUT2D eigenvalue weighted by Gasteiger charge is -2.38. The SMILES string of the molecule is [2H][C@]12CCC[C@@H](c3ccccc3)N1CCC2. The second-order valence-corrected chi connectivity index (χ2v) is 4.68. The van der Waals surface area contributed by atoms with E-state index in [1.165, 1.54) is 24.8 Å². The highest BCUT2D eigenvalue weighted by atomic mass is 15.2. The van der Waals surface area contributed by atoms with Gasteiger partial charge in [-0.05, 0) is 44.2 Å². The van der Waals surface area contributed by atoms with E-state index in [0.717, 1.165) is 19.4 Å². The van der Waals surface area contributed by atoms with Gasteiger partial charge in [0, 0.05) is 13.4 Å². The largest absolute Gasteiger partial charge is 0.293 e. The summed E-state index contributed by atoms with van der Waals surface area (Å²) in [5, 5.41) is 0. The van der Waals surface area contributed by atoms with Crippen LogP contribution in [-0.2, 0) is 0 Å². The minimum atomic E-state index is -0.251. The quantitative estimate of drug-likeness (QED) is 0.675. The molecule has 80 valence electrons. The molecule has 0 amide bonds. The van der Waals surface area contributed by atoms with Crippen molar-refractivity contribution < 1.29 is 1.37 Å². The third kappa shape index (κ3) is 1.69. The molecule has 0 saturated carbocycles. The smallest absolute Gasteiger partial charge is 0.0467 e. The first-order valence-electron chi connectivity index (χ1n) is 6.61. The molecule has 2 aliphatic rings. The molecule has 2 fully saturated rings. The molecule has 2 atom stereocenters. The summed E-state index contributed by atoms with van der Waals surface area (Å²) in [5.74, 6) is 0. The summed E-state index contributed by atoms with van der Waals surface area (Å²) in [6.07, 6.45) is 5.77. The average molecular weight is 202 g/mol. The molecule has 0 spiro atoms. The zero-order valence-electron chi connectivity index (χ0n) is 10.2. The highest BCUT2D eigenvalue weighted by molar-refractivity contribution is 5.20. The summed E-state index contributed by atoms with van der Waals surface area (Å²) in [6, 6.07) is 11.0. The van der Waals surface area contributed by atoms with E-state index in [1.54, 1.807) is 0 Å². The van der Waals surface area contributed by atoms with Crippen molar-refractivity contribution in [2.24, 2.45) is 0 Å². The Hall–Kier alpha value is -0.820. The van der Waals surface area contributed by atoms with Crippen molar-refractivity contribution in [2.45, 2.75) is 44.2 Å². The maximum Gasteiger partial charge on any atom is 0.0467 e. The Labute approximate surface area is 93.5 Å². The van der Waals surface area contributed by atoms with Crippen molar-refractivity contribution in [3.05, 3.63) is 35.9 Å². The van der Waals surface area contributed by atoms with Crippen LogP contribution in [0.15, 0.2) is 30.3 Å². The van der Waals surface area contributed by atoms with Gasteiger partial charge in [0.05, 0.1) is 0 Å². The van der Waals surface area contributed by atoms with Gasteiger partial charge in [-0.25, -0.2) is 0 Å². The Kier molecular flexibility index (Phi) is 2.21. The second kappa shape index (κ2) is 3.97. The van der Waals surface area contributed by atoms with Crippen molar-refractivity contribution in [1.29, 1.82) is 0 Å². The zero-order valence-corrected chi connectivity index (χ0v) is 9.15. The number of hydrogen-bond donors (Lipinski definition) is 0. The molecule has 0 bridgehead atoms. The molecule has 2 saturated heterocycles. The second-order valence-electron chi connectivity index (χ2n) is 4.68. The first kappa shape index (κ1) is 8.35. The number of benzene rings is 1. The highest BCUT2D eigenvalue weighted by Crippen LogP contribution is 2.38. The van der Waals surface area contributed by atoms with Crippen LogP contribution in [0.25, 0.3) is 0 Å². The maximum absolute atomic E-state index is 8.54. The van der Waals surface area contributed by atoms with Gasteiger partial charge in [-0.2, -0.15) is 0 Å². The number of hydrogen-bond acceptors (Lipinski definition) is 1. The van der Waals surface area contributed by atoms with Crippen molar-refractivity contribution in [1.82, 2.24) is 4.90 Å². The Morgan fingerprint density at radius 2 is 1.87 bits per heavy atom. The minimum absolute atomic E-state index is 0.251. The standard InChI is InChI=1S/C14H19N/c1-2-6-12(7-3-1)14-10-4-8-13-9-5-11-15(13)14/h1-3,6-7,13-14H,4-5,8-11H2/t13-,14+/m1/s1/i13D. The third-order valence-electron chi connectivity index (χ3n) is 3.77. The van der Waals surface area contributed by atoms with E-state index in [4.69, 9.17) is 1.37 Å². The van der Waals surface area contributed by atoms with E-state index in [1.807, 2.05) is 0 Å². The van der Waals surface area contributed by atoms with Crippen LogP contribution in [0.2, 0.25) is 0 Å². The van der Waals surface area contributed by atoms with E-state index in [-0.39, 0.29) is 6.02 Å². The Balaban J connectivity index is 1.91. The van der Waals surface area contributed by atoms with E-state index in [9.17, 15) is 0 Å². The van der Waals surface area contributed by atoms with Crippen LogP contribution in [0.5, 0.6) is 0 Å². The average Bonchev–Trinajstić information content (AvgIpc) is 2.71. The van der Waals surface area contributed by atoms with Crippen molar-refractivity contribution in [3.63, 3.8) is 0 Å². The van der Waals surface area contributed by atoms with Crippen molar-refractivity contribution >= 4 is 0 Å². The van der Waals surface area contributed by atoms with Gasteiger partial charge in [-0.15, -0.1) is 0 Å². The topological polar surface area (TPSA) is 3.24 Å². The van der Waals surface area contributed by atoms with Crippen LogP contribution in [-0.4, -0.2) is 17.5 Å². The third-order valence-corrected chi connectivity index (χ3v) is 3.77. The Bertz CT molecular complexity index is 364. The van der Waals surface area contributed by atoms with Crippen molar-refractivity contribution in [3.8, 4) is 0 Å². The molecule has 1 heteroatoms. The summed E-state index contributed by atoms with van der Waals surface area (Å²) >= 11 is 0. The van der Waals surface area contributed by atoms with Crippen LogP contribution in [0, 0.1) is 0 Å². The number of fused-ring (bicyclic) bond motifs is 1. The summed E-state index contributed by atoms with van der Waals surface area (Å²) in [4.78, 5) is 2.44. The lowest BCUT2D eigenvalue weighted by atomic mass is 9.92. The molecular formula is C14H19N. The number of piperidine rings is 1. The predicted octanol–water partition coefficient (Wildman–Crippen LogP) is 3.38. The highest BCUT2D eigenvalue weighted by Gasteiger charge is 2.34. The van der Waals surface area contributed by atoms with E-state index < -0.39 is 0 Å². The van der Waals surface area contributed by atoms with Crippen LogP contribution in [0.4, 0.5) is 0 Å². The number of nitrogens with zero attached hydrogens (tertiary/aromatic N) is 1. The molecule has 1 nitrogen and oxygen atoms in total. The lowest BCUT2D eigenvalue weighted by molar-refractivity contribution is 0.123. The molecule has 0 aromatic heterocycles. The minimum Gasteiger partial charge on any atom is -0.293 e. The van der Waals surface area contributed by atoms with E-state index in [0.29, 0.717) is 6.04 Å². The van der Waals surface area contributed by atoms with Crippen LogP contribution >= 0.6 is 0 Å². The van der Waals surface area contributed by atoms with Gasteiger partial charge in [0.15, 0.2) is 0 Å². The van der Waals surface area contributed by atoms with Gasteiger partial charge in [0.25, 0.3) is 0 Å². The fourth-order valence-corrected chi connectivity index (χ4v) is 3.08. The van der Waals surface area contributed by atoms with Gasteiger partial charge >= 0.3 is 0 Å². The Morgan fingerprint density at radius 1 is 1.07 bits per heavy atom. The van der Waals surface area contributed by atoms with Crippen LogP contribution in [0.1, 0.15) is 45.1 Å². The molecule has 2 aliphatic heterocycles. The zero-order chi connectivity index (χ0) is 11.0. The molecule has 0 unspecified atom stereocenters. The van der Waals surface area contributed by atoms with Gasteiger partial charge in [0.2, 0.25) is 0 Å². The molecule has 0 N–H and O–H groups in total. The summed E-state index contributed by atoms with van der Waals surface area (Å²) in [5.41, 5.74) is 1.40. The first-order valence-corrected chi connectivity index (χ1v) is 6.11. The molecule has 0 radical (unpaired) electrons. The summed E-state index contributed by atoms with van der Waals surface area (Å²) < 4.78 is 8.54. The normalized spacial score (nSPS) is 37.3. The van der Waals surface area contributed by atoms with Gasteiger partial charge in [0.1, 0.15) is 0 Å². The molecular weight excluding hydrogens is 182 g/mol. The summed E-state index contributed by atoms with van der Waals surface area (Å²) in [7, 11) is 0. The van der Waals surface area contributed by atoms with Crippen LogP contribution in [0.3, 0.4) is 0 Å².